The van der Waals surface area contributed by atoms with Crippen LogP contribution in [0.2, 0.25) is 0 Å². The highest BCUT2D eigenvalue weighted by atomic mass is 16.5. The average molecular weight is 522 g/mol. The molecule has 0 N–H and O–H groups in total. The third kappa shape index (κ3) is 4.59. The van der Waals surface area contributed by atoms with E-state index in [9.17, 15) is 9.59 Å². The molecule has 1 fully saturated rings. The van der Waals surface area contributed by atoms with Gasteiger partial charge in [-0.05, 0) is 46.8 Å². The van der Waals surface area contributed by atoms with E-state index in [0.717, 1.165) is 60.9 Å². The third-order valence-electron chi connectivity index (χ3n) is 7.78. The van der Waals surface area contributed by atoms with Crippen LogP contribution < -0.4 is 14.4 Å². The summed E-state index contributed by atoms with van der Waals surface area (Å²) in [5, 5.41) is 2.33. The summed E-state index contributed by atoms with van der Waals surface area (Å²) in [7, 11) is 3.32. The Labute approximate surface area is 228 Å². The van der Waals surface area contributed by atoms with Crippen LogP contribution in [-0.2, 0) is 13.1 Å². The van der Waals surface area contributed by atoms with Gasteiger partial charge < -0.3 is 14.4 Å². The number of imide groups is 1. The summed E-state index contributed by atoms with van der Waals surface area (Å²) in [5.74, 6) is 1.16. The summed E-state index contributed by atoms with van der Waals surface area (Å²) in [6.07, 6.45) is 0. The van der Waals surface area contributed by atoms with Crippen molar-refractivity contribution in [1.29, 1.82) is 0 Å². The average Bonchev–Trinajstić information content (AvgIpc) is 3.23. The van der Waals surface area contributed by atoms with Gasteiger partial charge in [-0.2, -0.15) is 0 Å². The van der Waals surface area contributed by atoms with Gasteiger partial charge in [0.1, 0.15) is 11.5 Å². The molecule has 7 nitrogen and oxygen atoms in total. The molecule has 0 aliphatic carbocycles. The number of ether oxygens (including phenoxy) is 2. The minimum Gasteiger partial charge on any atom is -0.497 e. The van der Waals surface area contributed by atoms with Gasteiger partial charge in [0, 0.05) is 38.1 Å². The fourth-order valence-corrected chi connectivity index (χ4v) is 5.67. The van der Waals surface area contributed by atoms with Gasteiger partial charge in [0.05, 0.1) is 37.6 Å². The van der Waals surface area contributed by atoms with E-state index in [1.165, 1.54) is 15.8 Å². The smallest absolute Gasteiger partial charge is 0.263 e. The first kappa shape index (κ1) is 24.9. The zero-order valence-corrected chi connectivity index (χ0v) is 22.2. The number of hydrogen-bond donors (Lipinski definition) is 0. The topological polar surface area (TPSA) is 62.3 Å². The molecule has 1 saturated heterocycles. The minimum absolute atomic E-state index is 0.228. The van der Waals surface area contributed by atoms with Crippen molar-refractivity contribution in [2.24, 2.45) is 0 Å². The van der Waals surface area contributed by atoms with Crippen LogP contribution in [0.3, 0.4) is 0 Å². The number of piperazine rings is 1. The highest BCUT2D eigenvalue weighted by molar-refractivity contribution is 6.23. The molecule has 198 valence electrons. The van der Waals surface area contributed by atoms with E-state index in [2.05, 4.69) is 34.1 Å². The lowest BCUT2D eigenvalue weighted by atomic mass is 10.0. The maximum absolute atomic E-state index is 13.5. The summed E-state index contributed by atoms with van der Waals surface area (Å²) in [6, 6.07) is 25.6. The molecule has 0 radical (unpaired) electrons. The van der Waals surface area contributed by atoms with E-state index in [0.29, 0.717) is 11.1 Å². The van der Waals surface area contributed by atoms with Gasteiger partial charge in [0.15, 0.2) is 0 Å². The standard InChI is InChI=1S/C32H31N3O4/c1-38-24-13-10-22(11-14-24)20-35-31(36)27-8-5-9-28(30(27)32(35)37)34-18-16-33(17-19-34)21-23-12-15-29(39-2)26-7-4-3-6-25(23)26/h3-15H,16-21H2,1-2H3. The number of hydrogen-bond acceptors (Lipinski definition) is 6. The van der Waals surface area contributed by atoms with E-state index < -0.39 is 0 Å². The summed E-state index contributed by atoms with van der Waals surface area (Å²) >= 11 is 0. The maximum Gasteiger partial charge on any atom is 0.263 e. The Balaban J connectivity index is 1.17. The molecule has 0 bridgehead atoms. The molecule has 2 aliphatic rings. The monoisotopic (exact) mass is 521 g/mol. The van der Waals surface area contributed by atoms with Crippen molar-refractivity contribution in [3.05, 3.63) is 101 Å². The van der Waals surface area contributed by atoms with Crippen LogP contribution in [0.15, 0.2) is 78.9 Å². The minimum atomic E-state index is -0.238. The molecular weight excluding hydrogens is 490 g/mol. The number of anilines is 1. The van der Waals surface area contributed by atoms with Gasteiger partial charge >= 0.3 is 0 Å². The van der Waals surface area contributed by atoms with Gasteiger partial charge in [0.2, 0.25) is 0 Å². The summed E-state index contributed by atoms with van der Waals surface area (Å²) in [6.45, 7) is 4.37. The highest BCUT2D eigenvalue weighted by Gasteiger charge is 2.38. The maximum atomic E-state index is 13.5. The van der Waals surface area contributed by atoms with Gasteiger partial charge in [-0.25, -0.2) is 0 Å². The second kappa shape index (κ2) is 10.4. The Hall–Kier alpha value is -4.36. The number of nitrogens with zero attached hydrogens (tertiary/aromatic N) is 3. The Morgan fingerprint density at radius 1 is 0.692 bits per heavy atom. The summed E-state index contributed by atoms with van der Waals surface area (Å²) < 4.78 is 10.8. The number of fused-ring (bicyclic) bond motifs is 2. The normalized spacial score (nSPS) is 15.6. The Morgan fingerprint density at radius 2 is 1.44 bits per heavy atom. The summed E-state index contributed by atoms with van der Waals surface area (Å²) in [4.78, 5) is 32.8. The van der Waals surface area contributed by atoms with Crippen molar-refractivity contribution in [2.45, 2.75) is 13.1 Å². The lowest BCUT2D eigenvalue weighted by Crippen LogP contribution is -2.46. The van der Waals surface area contributed by atoms with Gasteiger partial charge in [0.25, 0.3) is 11.8 Å². The van der Waals surface area contributed by atoms with Gasteiger partial charge in [-0.3, -0.25) is 19.4 Å². The van der Waals surface area contributed by atoms with Crippen LogP contribution in [0.1, 0.15) is 31.8 Å². The van der Waals surface area contributed by atoms with Crippen molar-refractivity contribution >= 4 is 28.3 Å². The molecule has 4 aromatic carbocycles. The largest absolute Gasteiger partial charge is 0.497 e. The fraction of sp³-hybridized carbons (Fsp3) is 0.250. The van der Waals surface area contributed by atoms with Crippen LogP contribution in [0.25, 0.3) is 10.8 Å². The van der Waals surface area contributed by atoms with Crippen LogP contribution in [0.5, 0.6) is 11.5 Å². The number of carbonyl (C=O) groups is 2. The van der Waals surface area contributed by atoms with E-state index in [4.69, 9.17) is 9.47 Å². The number of amides is 2. The predicted octanol–water partition coefficient (Wildman–Crippen LogP) is 4.98. The number of rotatable bonds is 7. The zero-order chi connectivity index (χ0) is 26.9. The SMILES string of the molecule is COc1ccc(CN2C(=O)c3cccc(N4CCN(Cc5ccc(OC)c6ccccc56)CC4)c3C2=O)cc1. The second-order valence-electron chi connectivity index (χ2n) is 9.98. The predicted molar refractivity (Wildman–Crippen MR) is 152 cm³/mol. The Morgan fingerprint density at radius 3 is 2.15 bits per heavy atom. The van der Waals surface area contributed by atoms with Crippen molar-refractivity contribution in [2.75, 3.05) is 45.3 Å². The van der Waals surface area contributed by atoms with Gasteiger partial charge in [-0.1, -0.05) is 48.5 Å². The molecule has 39 heavy (non-hydrogen) atoms. The molecule has 4 aromatic rings. The van der Waals surface area contributed by atoms with Crippen LogP contribution in [0.4, 0.5) is 5.69 Å². The van der Waals surface area contributed by atoms with Crippen molar-refractivity contribution in [1.82, 2.24) is 9.80 Å². The Bertz CT molecular complexity index is 1540. The molecule has 0 saturated carbocycles. The first-order chi connectivity index (χ1) is 19.1. The molecular formula is C32H31N3O4. The molecule has 0 atom stereocenters. The molecule has 2 heterocycles. The van der Waals surface area contributed by atoms with Crippen molar-refractivity contribution in [3.63, 3.8) is 0 Å². The quantitative estimate of drug-likeness (QED) is 0.320. The first-order valence-corrected chi connectivity index (χ1v) is 13.2. The summed E-state index contributed by atoms with van der Waals surface area (Å²) in [5.41, 5.74) is 4.00. The number of carbonyl (C=O) groups excluding carboxylic acids is 2. The second-order valence-corrected chi connectivity index (χ2v) is 9.98. The van der Waals surface area contributed by atoms with E-state index in [1.807, 2.05) is 48.5 Å². The molecule has 0 spiro atoms. The molecule has 6 rings (SSSR count). The van der Waals surface area contributed by atoms with Crippen LogP contribution >= 0.6 is 0 Å². The van der Waals surface area contributed by atoms with Crippen LogP contribution in [-0.4, -0.2) is 62.0 Å². The van der Waals surface area contributed by atoms with Crippen molar-refractivity contribution < 1.29 is 19.1 Å². The lowest BCUT2D eigenvalue weighted by molar-refractivity contribution is 0.0642. The first-order valence-electron chi connectivity index (χ1n) is 13.2. The highest BCUT2D eigenvalue weighted by Crippen LogP contribution is 2.34. The molecule has 2 amide bonds. The van der Waals surface area contributed by atoms with Crippen LogP contribution in [0, 0.1) is 0 Å². The Kier molecular flexibility index (Phi) is 6.67. The van der Waals surface area contributed by atoms with Gasteiger partial charge in [-0.15, -0.1) is 0 Å². The number of methoxy groups -OCH3 is 2. The lowest BCUT2D eigenvalue weighted by Gasteiger charge is -2.37. The molecule has 0 aromatic heterocycles. The third-order valence-corrected chi connectivity index (χ3v) is 7.78. The zero-order valence-electron chi connectivity index (χ0n) is 22.2. The molecule has 7 heteroatoms. The number of benzene rings is 4. The van der Waals surface area contributed by atoms with E-state index >= 15 is 0 Å². The molecule has 2 aliphatic heterocycles. The van der Waals surface area contributed by atoms with E-state index in [1.54, 1.807) is 20.3 Å². The van der Waals surface area contributed by atoms with E-state index in [-0.39, 0.29) is 18.4 Å². The van der Waals surface area contributed by atoms with Crippen molar-refractivity contribution in [3.8, 4) is 11.5 Å². The fourth-order valence-electron chi connectivity index (χ4n) is 5.67. The molecule has 0 unspecified atom stereocenters.